The number of hydrogen-bond donors (Lipinski definition) is 0. The molecule has 0 aliphatic carbocycles. The van der Waals surface area contributed by atoms with Crippen molar-refractivity contribution in [1.29, 1.82) is 0 Å². The van der Waals surface area contributed by atoms with E-state index < -0.39 is 4.92 Å². The van der Waals surface area contributed by atoms with Crippen molar-refractivity contribution in [2.75, 3.05) is 6.61 Å². The van der Waals surface area contributed by atoms with Gasteiger partial charge in [0.05, 0.1) is 22.6 Å². The van der Waals surface area contributed by atoms with Gasteiger partial charge in [0.15, 0.2) is 0 Å². The molecule has 0 unspecified atom stereocenters. The molecular formula is C8H7Cl2NO3. The van der Waals surface area contributed by atoms with Crippen molar-refractivity contribution in [3.63, 3.8) is 0 Å². The Labute approximate surface area is 90.5 Å². The second kappa shape index (κ2) is 4.48. The Morgan fingerprint density at radius 1 is 1.50 bits per heavy atom. The number of rotatable bonds is 3. The molecule has 6 heteroatoms. The lowest BCUT2D eigenvalue weighted by Crippen LogP contribution is -1.95. The predicted molar refractivity (Wildman–Crippen MR) is 54.3 cm³/mol. The zero-order chi connectivity index (χ0) is 10.7. The zero-order valence-corrected chi connectivity index (χ0v) is 8.80. The van der Waals surface area contributed by atoms with Crippen LogP contribution in [-0.2, 0) is 0 Å². The van der Waals surface area contributed by atoms with Crippen molar-refractivity contribution < 1.29 is 9.66 Å². The number of hydrogen-bond acceptors (Lipinski definition) is 3. The van der Waals surface area contributed by atoms with E-state index in [2.05, 4.69) is 0 Å². The molecule has 1 aromatic carbocycles. The van der Waals surface area contributed by atoms with E-state index in [9.17, 15) is 10.1 Å². The summed E-state index contributed by atoms with van der Waals surface area (Å²) < 4.78 is 5.09. The minimum absolute atomic E-state index is 0.115. The SMILES string of the molecule is CCOc1cc([N+](=O)[O-])cc(Cl)c1Cl. The summed E-state index contributed by atoms with van der Waals surface area (Å²) in [4.78, 5) is 9.92. The van der Waals surface area contributed by atoms with Gasteiger partial charge in [0.2, 0.25) is 0 Å². The van der Waals surface area contributed by atoms with Crippen LogP contribution in [0.2, 0.25) is 10.0 Å². The van der Waals surface area contributed by atoms with Gasteiger partial charge in [-0.1, -0.05) is 23.2 Å². The van der Waals surface area contributed by atoms with E-state index >= 15 is 0 Å². The molecule has 0 bridgehead atoms. The lowest BCUT2D eigenvalue weighted by Gasteiger charge is -2.06. The van der Waals surface area contributed by atoms with Gasteiger partial charge in [-0.25, -0.2) is 0 Å². The summed E-state index contributed by atoms with van der Waals surface area (Å²) in [5.74, 6) is 0.230. The molecule has 1 aromatic rings. The number of nitrogens with zero attached hydrogens (tertiary/aromatic N) is 1. The van der Waals surface area contributed by atoms with Gasteiger partial charge in [-0.15, -0.1) is 0 Å². The molecule has 0 N–H and O–H groups in total. The third-order valence-corrected chi connectivity index (χ3v) is 2.27. The average Bonchev–Trinajstić information content (AvgIpc) is 2.12. The smallest absolute Gasteiger partial charge is 0.274 e. The summed E-state index contributed by atoms with van der Waals surface area (Å²) >= 11 is 11.5. The molecule has 0 radical (unpaired) electrons. The maximum Gasteiger partial charge on any atom is 0.274 e. The highest BCUT2D eigenvalue weighted by molar-refractivity contribution is 6.43. The fraction of sp³-hybridized carbons (Fsp3) is 0.250. The second-order valence-corrected chi connectivity index (χ2v) is 3.21. The summed E-state index contributed by atoms with van der Waals surface area (Å²) in [5, 5.41) is 10.8. The van der Waals surface area contributed by atoms with Crippen LogP contribution in [0.25, 0.3) is 0 Å². The maximum atomic E-state index is 10.5. The van der Waals surface area contributed by atoms with Crippen LogP contribution >= 0.6 is 23.2 Å². The molecule has 0 heterocycles. The van der Waals surface area contributed by atoms with E-state index in [1.54, 1.807) is 6.92 Å². The molecule has 14 heavy (non-hydrogen) atoms. The molecule has 4 nitrogen and oxygen atoms in total. The summed E-state index contributed by atoms with van der Waals surface area (Å²) in [6, 6.07) is 2.43. The minimum Gasteiger partial charge on any atom is -0.492 e. The van der Waals surface area contributed by atoms with Gasteiger partial charge in [0.1, 0.15) is 10.8 Å². The van der Waals surface area contributed by atoms with Gasteiger partial charge in [0, 0.05) is 6.07 Å². The van der Waals surface area contributed by atoms with Crippen molar-refractivity contribution in [2.45, 2.75) is 6.92 Å². The van der Waals surface area contributed by atoms with Crippen molar-refractivity contribution in [3.8, 4) is 5.75 Å². The number of halogens is 2. The molecule has 0 saturated carbocycles. The van der Waals surface area contributed by atoms with Gasteiger partial charge in [-0.3, -0.25) is 10.1 Å². The largest absolute Gasteiger partial charge is 0.492 e. The fourth-order valence-electron chi connectivity index (χ4n) is 0.916. The molecule has 0 aliphatic heterocycles. The topological polar surface area (TPSA) is 52.4 Å². The van der Waals surface area contributed by atoms with Crippen LogP contribution in [0.1, 0.15) is 6.92 Å². The Hall–Kier alpha value is -1.000. The predicted octanol–water partition coefficient (Wildman–Crippen LogP) is 3.30. The van der Waals surface area contributed by atoms with E-state index in [-0.39, 0.29) is 21.5 Å². The highest BCUT2D eigenvalue weighted by atomic mass is 35.5. The van der Waals surface area contributed by atoms with Gasteiger partial charge in [-0.05, 0) is 6.92 Å². The van der Waals surface area contributed by atoms with Crippen molar-refractivity contribution in [1.82, 2.24) is 0 Å². The van der Waals surface area contributed by atoms with Crippen LogP contribution in [0.3, 0.4) is 0 Å². The summed E-state index contributed by atoms with van der Waals surface area (Å²) in [5.41, 5.74) is -0.136. The van der Waals surface area contributed by atoms with E-state index in [1.807, 2.05) is 0 Å². The van der Waals surface area contributed by atoms with Crippen LogP contribution in [0.5, 0.6) is 5.75 Å². The normalized spacial score (nSPS) is 9.93. The third kappa shape index (κ3) is 2.27. The summed E-state index contributed by atoms with van der Waals surface area (Å²) in [6.45, 7) is 2.13. The first-order valence-corrected chi connectivity index (χ1v) is 4.58. The van der Waals surface area contributed by atoms with Crippen LogP contribution < -0.4 is 4.74 Å². The molecule has 0 amide bonds. The van der Waals surface area contributed by atoms with Crippen LogP contribution in [0, 0.1) is 10.1 Å². The average molecular weight is 236 g/mol. The molecule has 76 valence electrons. The number of benzene rings is 1. The molecule has 0 fully saturated rings. The van der Waals surface area contributed by atoms with Gasteiger partial charge in [-0.2, -0.15) is 0 Å². The van der Waals surface area contributed by atoms with Crippen molar-refractivity contribution in [2.24, 2.45) is 0 Å². The van der Waals surface area contributed by atoms with Crippen LogP contribution in [0.15, 0.2) is 12.1 Å². The molecule has 0 saturated heterocycles. The molecular weight excluding hydrogens is 229 g/mol. The fourth-order valence-corrected chi connectivity index (χ4v) is 1.28. The quantitative estimate of drug-likeness (QED) is 0.597. The lowest BCUT2D eigenvalue weighted by molar-refractivity contribution is -0.384. The van der Waals surface area contributed by atoms with E-state index in [1.165, 1.54) is 12.1 Å². The molecule has 0 aromatic heterocycles. The van der Waals surface area contributed by atoms with Crippen LogP contribution in [0.4, 0.5) is 5.69 Å². The Morgan fingerprint density at radius 2 is 2.14 bits per heavy atom. The first-order valence-electron chi connectivity index (χ1n) is 3.82. The first-order chi connectivity index (χ1) is 6.56. The molecule has 0 spiro atoms. The lowest BCUT2D eigenvalue weighted by atomic mass is 10.3. The van der Waals surface area contributed by atoms with Crippen molar-refractivity contribution in [3.05, 3.63) is 32.3 Å². The Kier molecular flexibility index (Phi) is 3.55. The van der Waals surface area contributed by atoms with E-state index in [0.717, 1.165) is 0 Å². The highest BCUT2D eigenvalue weighted by Crippen LogP contribution is 2.35. The van der Waals surface area contributed by atoms with Gasteiger partial charge in [0.25, 0.3) is 5.69 Å². The molecule has 0 aliphatic rings. The second-order valence-electron chi connectivity index (χ2n) is 2.43. The molecule has 0 atom stereocenters. The Bertz CT molecular complexity index is 368. The maximum absolute atomic E-state index is 10.5. The highest BCUT2D eigenvalue weighted by Gasteiger charge is 2.14. The first kappa shape index (κ1) is 11.1. The number of non-ortho nitro benzene ring substituents is 1. The summed E-state index contributed by atoms with van der Waals surface area (Å²) in [6.07, 6.45) is 0. The van der Waals surface area contributed by atoms with E-state index in [0.29, 0.717) is 6.61 Å². The van der Waals surface area contributed by atoms with E-state index in [4.69, 9.17) is 27.9 Å². The van der Waals surface area contributed by atoms with Crippen molar-refractivity contribution >= 4 is 28.9 Å². The zero-order valence-electron chi connectivity index (χ0n) is 7.29. The third-order valence-electron chi connectivity index (χ3n) is 1.49. The minimum atomic E-state index is -0.551. The number of nitro groups is 1. The van der Waals surface area contributed by atoms with Gasteiger partial charge < -0.3 is 4.74 Å². The Balaban J connectivity index is 3.20. The monoisotopic (exact) mass is 235 g/mol. The summed E-state index contributed by atoms with van der Waals surface area (Å²) in [7, 11) is 0. The standard InChI is InChI=1S/C8H7Cl2NO3/c1-2-14-7-4-5(11(12)13)3-6(9)8(7)10/h3-4H,2H2,1H3. The van der Waals surface area contributed by atoms with Gasteiger partial charge >= 0.3 is 0 Å². The molecule has 1 rings (SSSR count). The number of ether oxygens (including phenoxy) is 1. The number of nitro benzene ring substituents is 1. The Morgan fingerprint density at radius 3 is 2.64 bits per heavy atom. The van der Waals surface area contributed by atoms with Crippen LogP contribution in [-0.4, -0.2) is 11.5 Å².